The fourth-order valence-corrected chi connectivity index (χ4v) is 2.48. The van der Waals surface area contributed by atoms with Crippen LogP contribution in [0.15, 0.2) is 24.3 Å². The SMILES string of the molecule is Cc1c(Cl)nc(C2CC2)nc1-c1cccc(OC(C)C)c1. The van der Waals surface area contributed by atoms with Gasteiger partial charge in [-0.1, -0.05) is 23.7 Å². The van der Waals surface area contributed by atoms with Crippen molar-refractivity contribution in [3.63, 3.8) is 0 Å². The van der Waals surface area contributed by atoms with E-state index in [1.54, 1.807) is 0 Å². The molecule has 0 unspecified atom stereocenters. The lowest BCUT2D eigenvalue weighted by molar-refractivity contribution is 0.242. The molecule has 0 amide bonds. The van der Waals surface area contributed by atoms with Crippen LogP contribution in [0.1, 0.15) is 44.0 Å². The van der Waals surface area contributed by atoms with Crippen LogP contribution in [0.4, 0.5) is 0 Å². The number of nitrogens with zero attached hydrogens (tertiary/aromatic N) is 2. The highest BCUT2D eigenvalue weighted by atomic mass is 35.5. The standard InChI is InChI=1S/C17H19ClN2O/c1-10(2)21-14-6-4-5-13(9-14)15-11(3)16(18)20-17(19-15)12-7-8-12/h4-6,9-10,12H,7-8H2,1-3H3. The molecule has 1 heterocycles. The van der Waals surface area contributed by atoms with Crippen LogP contribution in [0.25, 0.3) is 11.3 Å². The van der Waals surface area contributed by atoms with Crippen LogP contribution in [0.2, 0.25) is 5.15 Å². The monoisotopic (exact) mass is 302 g/mol. The summed E-state index contributed by atoms with van der Waals surface area (Å²) in [4.78, 5) is 9.15. The van der Waals surface area contributed by atoms with Gasteiger partial charge in [-0.05, 0) is 45.7 Å². The van der Waals surface area contributed by atoms with Gasteiger partial charge in [0, 0.05) is 17.0 Å². The van der Waals surface area contributed by atoms with Gasteiger partial charge in [-0.25, -0.2) is 9.97 Å². The van der Waals surface area contributed by atoms with Gasteiger partial charge in [0.2, 0.25) is 0 Å². The number of hydrogen-bond donors (Lipinski definition) is 0. The maximum atomic E-state index is 6.28. The Bertz CT molecular complexity index is 666. The highest BCUT2D eigenvalue weighted by Crippen LogP contribution is 2.40. The third kappa shape index (κ3) is 3.18. The molecule has 21 heavy (non-hydrogen) atoms. The molecule has 0 radical (unpaired) electrons. The third-order valence-electron chi connectivity index (χ3n) is 3.53. The summed E-state index contributed by atoms with van der Waals surface area (Å²) < 4.78 is 5.76. The van der Waals surface area contributed by atoms with Crippen molar-refractivity contribution in [1.29, 1.82) is 0 Å². The first-order chi connectivity index (χ1) is 10.0. The first-order valence-electron chi connectivity index (χ1n) is 7.35. The van der Waals surface area contributed by atoms with E-state index in [-0.39, 0.29) is 6.10 Å². The lowest BCUT2D eigenvalue weighted by Crippen LogP contribution is -2.05. The minimum absolute atomic E-state index is 0.150. The van der Waals surface area contributed by atoms with Crippen molar-refractivity contribution < 1.29 is 4.74 Å². The average Bonchev–Trinajstić information content (AvgIpc) is 3.25. The van der Waals surface area contributed by atoms with Crippen molar-refractivity contribution in [2.45, 2.75) is 45.6 Å². The summed E-state index contributed by atoms with van der Waals surface area (Å²) in [6.45, 7) is 6.00. The van der Waals surface area contributed by atoms with Crippen LogP contribution in [-0.4, -0.2) is 16.1 Å². The first-order valence-corrected chi connectivity index (χ1v) is 7.73. The molecule has 1 aliphatic carbocycles. The molecule has 2 aromatic rings. The van der Waals surface area contributed by atoms with E-state index in [0.717, 1.165) is 41.2 Å². The van der Waals surface area contributed by atoms with Crippen LogP contribution >= 0.6 is 11.6 Å². The van der Waals surface area contributed by atoms with E-state index in [9.17, 15) is 0 Å². The van der Waals surface area contributed by atoms with Gasteiger partial charge in [-0.15, -0.1) is 0 Å². The van der Waals surface area contributed by atoms with Gasteiger partial charge < -0.3 is 4.74 Å². The molecule has 3 nitrogen and oxygen atoms in total. The van der Waals surface area contributed by atoms with Crippen molar-refractivity contribution in [2.24, 2.45) is 0 Å². The van der Waals surface area contributed by atoms with E-state index >= 15 is 0 Å². The minimum atomic E-state index is 0.150. The summed E-state index contributed by atoms with van der Waals surface area (Å²) >= 11 is 6.28. The Morgan fingerprint density at radius 2 is 2.00 bits per heavy atom. The average molecular weight is 303 g/mol. The van der Waals surface area contributed by atoms with Gasteiger partial charge in [-0.2, -0.15) is 0 Å². The molecular weight excluding hydrogens is 284 g/mol. The molecule has 0 bridgehead atoms. The van der Waals surface area contributed by atoms with Crippen LogP contribution in [0, 0.1) is 6.92 Å². The molecule has 0 spiro atoms. The number of rotatable bonds is 4. The fourth-order valence-electron chi connectivity index (χ4n) is 2.30. The second-order valence-corrected chi connectivity index (χ2v) is 6.17. The smallest absolute Gasteiger partial charge is 0.136 e. The number of ether oxygens (including phenoxy) is 1. The van der Waals surface area contributed by atoms with E-state index in [1.807, 2.05) is 45.0 Å². The van der Waals surface area contributed by atoms with Gasteiger partial charge in [0.1, 0.15) is 16.7 Å². The van der Waals surface area contributed by atoms with Crippen molar-refractivity contribution in [3.8, 4) is 17.0 Å². The number of benzene rings is 1. The first kappa shape index (κ1) is 14.3. The molecule has 1 saturated carbocycles. The molecule has 1 aromatic heterocycles. The van der Waals surface area contributed by atoms with E-state index in [0.29, 0.717) is 11.1 Å². The second-order valence-electron chi connectivity index (χ2n) is 5.81. The maximum absolute atomic E-state index is 6.28. The van der Waals surface area contributed by atoms with E-state index in [2.05, 4.69) is 4.98 Å². The van der Waals surface area contributed by atoms with Gasteiger partial charge in [0.05, 0.1) is 11.8 Å². The summed E-state index contributed by atoms with van der Waals surface area (Å²) in [6.07, 6.45) is 2.47. The summed E-state index contributed by atoms with van der Waals surface area (Å²) in [7, 11) is 0. The highest BCUT2D eigenvalue weighted by molar-refractivity contribution is 6.30. The van der Waals surface area contributed by atoms with Gasteiger partial charge >= 0.3 is 0 Å². The van der Waals surface area contributed by atoms with Gasteiger partial charge in [0.15, 0.2) is 0 Å². The zero-order valence-electron chi connectivity index (χ0n) is 12.6. The Hall–Kier alpha value is -1.61. The zero-order valence-corrected chi connectivity index (χ0v) is 13.3. The fraction of sp³-hybridized carbons (Fsp3) is 0.412. The Morgan fingerprint density at radius 1 is 1.24 bits per heavy atom. The third-order valence-corrected chi connectivity index (χ3v) is 3.89. The maximum Gasteiger partial charge on any atom is 0.136 e. The zero-order chi connectivity index (χ0) is 15.0. The summed E-state index contributed by atoms with van der Waals surface area (Å²) in [5.74, 6) is 2.21. The quantitative estimate of drug-likeness (QED) is 0.763. The number of halogens is 1. The molecule has 0 aliphatic heterocycles. The Morgan fingerprint density at radius 3 is 2.67 bits per heavy atom. The second kappa shape index (κ2) is 5.64. The molecular formula is C17H19ClN2O. The number of hydrogen-bond acceptors (Lipinski definition) is 3. The van der Waals surface area contributed by atoms with Gasteiger partial charge in [-0.3, -0.25) is 0 Å². The molecule has 4 heteroatoms. The van der Waals surface area contributed by atoms with Crippen LogP contribution in [0.5, 0.6) is 5.75 Å². The van der Waals surface area contributed by atoms with Crippen molar-refractivity contribution in [2.75, 3.05) is 0 Å². The summed E-state index contributed by atoms with van der Waals surface area (Å²) in [5.41, 5.74) is 2.85. The number of aromatic nitrogens is 2. The highest BCUT2D eigenvalue weighted by Gasteiger charge is 2.28. The molecule has 1 fully saturated rings. The Labute approximate surface area is 130 Å². The summed E-state index contributed by atoms with van der Waals surface area (Å²) in [6, 6.07) is 8.00. The normalized spacial score (nSPS) is 14.5. The molecule has 0 N–H and O–H groups in total. The Kier molecular flexibility index (Phi) is 3.85. The molecule has 3 rings (SSSR count). The lowest BCUT2D eigenvalue weighted by Gasteiger charge is -2.13. The van der Waals surface area contributed by atoms with E-state index in [4.69, 9.17) is 21.3 Å². The molecule has 110 valence electrons. The lowest BCUT2D eigenvalue weighted by atomic mass is 10.1. The van der Waals surface area contributed by atoms with Crippen molar-refractivity contribution in [3.05, 3.63) is 40.8 Å². The van der Waals surface area contributed by atoms with Crippen LogP contribution in [-0.2, 0) is 0 Å². The molecule has 1 aliphatic rings. The van der Waals surface area contributed by atoms with Crippen molar-refractivity contribution >= 4 is 11.6 Å². The predicted octanol–water partition coefficient (Wildman–Crippen LogP) is 4.77. The Balaban J connectivity index is 2.03. The minimum Gasteiger partial charge on any atom is -0.491 e. The molecule has 0 saturated heterocycles. The van der Waals surface area contributed by atoms with E-state index in [1.165, 1.54) is 0 Å². The van der Waals surface area contributed by atoms with Gasteiger partial charge in [0.25, 0.3) is 0 Å². The van der Waals surface area contributed by atoms with Crippen molar-refractivity contribution in [1.82, 2.24) is 9.97 Å². The predicted molar refractivity (Wildman–Crippen MR) is 85.0 cm³/mol. The molecule has 0 atom stereocenters. The largest absolute Gasteiger partial charge is 0.491 e. The van der Waals surface area contributed by atoms with Crippen LogP contribution < -0.4 is 4.74 Å². The summed E-state index contributed by atoms with van der Waals surface area (Å²) in [5, 5.41) is 0.553. The topological polar surface area (TPSA) is 35.0 Å². The molecule has 1 aromatic carbocycles. The van der Waals surface area contributed by atoms with E-state index < -0.39 is 0 Å². The van der Waals surface area contributed by atoms with Crippen LogP contribution in [0.3, 0.4) is 0 Å².